The summed E-state index contributed by atoms with van der Waals surface area (Å²) in [7, 11) is 1.70. The Bertz CT molecular complexity index is 998. The molecule has 0 atom stereocenters. The number of rotatable bonds is 5. The molecule has 1 aromatic heterocycles. The lowest BCUT2D eigenvalue weighted by Crippen LogP contribution is -2.31. The maximum atomic E-state index is 12.5. The molecule has 5 nitrogen and oxygen atoms in total. The van der Waals surface area contributed by atoms with Gasteiger partial charge in [0.1, 0.15) is 0 Å². The second-order valence-electron chi connectivity index (χ2n) is 6.58. The number of aromatic nitrogens is 1. The van der Waals surface area contributed by atoms with Crippen LogP contribution in [0.1, 0.15) is 27.2 Å². The first-order chi connectivity index (χ1) is 13.0. The van der Waals surface area contributed by atoms with Gasteiger partial charge >= 0.3 is 5.97 Å². The molecule has 2 aromatic carbocycles. The van der Waals surface area contributed by atoms with E-state index in [-0.39, 0.29) is 12.5 Å². The number of pyridine rings is 1. The Morgan fingerprint density at radius 3 is 2.52 bits per heavy atom. The average Bonchev–Trinajstić information content (AvgIpc) is 2.66. The van der Waals surface area contributed by atoms with Gasteiger partial charge in [0.2, 0.25) is 0 Å². The number of esters is 1. The number of nitrogens with zero attached hydrogens (tertiary/aromatic N) is 2. The van der Waals surface area contributed by atoms with Gasteiger partial charge in [-0.2, -0.15) is 0 Å². The van der Waals surface area contributed by atoms with Gasteiger partial charge in [-0.3, -0.25) is 9.78 Å². The largest absolute Gasteiger partial charge is 0.452 e. The molecule has 0 saturated heterocycles. The van der Waals surface area contributed by atoms with Crippen LogP contribution in [0, 0.1) is 13.8 Å². The quantitative estimate of drug-likeness (QED) is 0.650. The third-order valence-corrected chi connectivity index (χ3v) is 4.49. The SMILES string of the molecule is Cc1cc(C(=O)OCC(=O)N(C)Cc2ccccc2C)c2ccccc2n1. The highest BCUT2D eigenvalue weighted by molar-refractivity contribution is 6.04. The van der Waals surface area contributed by atoms with Gasteiger partial charge in [-0.1, -0.05) is 42.5 Å². The van der Waals surface area contributed by atoms with Crippen molar-refractivity contribution in [2.45, 2.75) is 20.4 Å². The number of carbonyl (C=O) groups is 2. The van der Waals surface area contributed by atoms with Crippen LogP contribution in [0.5, 0.6) is 0 Å². The molecule has 138 valence electrons. The zero-order valence-electron chi connectivity index (χ0n) is 15.7. The van der Waals surface area contributed by atoms with Crippen LogP contribution in [0.4, 0.5) is 0 Å². The summed E-state index contributed by atoms with van der Waals surface area (Å²) in [5, 5.41) is 0.716. The fraction of sp³-hybridized carbons (Fsp3) is 0.227. The maximum Gasteiger partial charge on any atom is 0.339 e. The number of likely N-dealkylation sites (N-methyl/N-ethyl adjacent to an activating group) is 1. The predicted molar refractivity (Wildman–Crippen MR) is 104 cm³/mol. The zero-order valence-corrected chi connectivity index (χ0v) is 15.7. The van der Waals surface area contributed by atoms with E-state index in [4.69, 9.17) is 4.74 Å². The number of benzene rings is 2. The number of para-hydroxylation sites is 1. The van der Waals surface area contributed by atoms with Gasteiger partial charge < -0.3 is 9.64 Å². The van der Waals surface area contributed by atoms with Gasteiger partial charge in [0.25, 0.3) is 5.91 Å². The fourth-order valence-corrected chi connectivity index (χ4v) is 2.92. The third kappa shape index (κ3) is 4.31. The minimum Gasteiger partial charge on any atom is -0.452 e. The molecule has 0 aliphatic rings. The number of carbonyl (C=O) groups excluding carboxylic acids is 2. The van der Waals surface area contributed by atoms with Crippen LogP contribution in [0.3, 0.4) is 0 Å². The van der Waals surface area contributed by atoms with Crippen molar-refractivity contribution >= 4 is 22.8 Å². The molecule has 0 saturated carbocycles. The van der Waals surface area contributed by atoms with E-state index < -0.39 is 5.97 Å². The summed E-state index contributed by atoms with van der Waals surface area (Å²) in [6.45, 7) is 4.01. The molecule has 3 aromatic rings. The van der Waals surface area contributed by atoms with Gasteiger partial charge in [0.15, 0.2) is 6.61 Å². The smallest absolute Gasteiger partial charge is 0.339 e. The second-order valence-corrected chi connectivity index (χ2v) is 6.58. The molecular weight excluding hydrogens is 340 g/mol. The van der Waals surface area contributed by atoms with Crippen molar-refractivity contribution in [3.05, 3.63) is 77.0 Å². The number of aryl methyl sites for hydroxylation is 2. The monoisotopic (exact) mass is 362 g/mol. The minimum atomic E-state index is -0.519. The van der Waals surface area contributed by atoms with Crippen molar-refractivity contribution < 1.29 is 14.3 Å². The highest BCUT2D eigenvalue weighted by atomic mass is 16.5. The van der Waals surface area contributed by atoms with E-state index in [1.165, 1.54) is 0 Å². The molecule has 5 heteroatoms. The summed E-state index contributed by atoms with van der Waals surface area (Å²) in [6, 6.07) is 17.0. The first kappa shape index (κ1) is 18.6. The Labute approximate surface area is 158 Å². The van der Waals surface area contributed by atoms with E-state index in [0.29, 0.717) is 17.5 Å². The highest BCUT2D eigenvalue weighted by Gasteiger charge is 2.17. The number of fused-ring (bicyclic) bond motifs is 1. The molecule has 0 radical (unpaired) electrons. The average molecular weight is 362 g/mol. The van der Waals surface area contributed by atoms with E-state index >= 15 is 0 Å². The molecular formula is C22H22N2O3. The van der Waals surface area contributed by atoms with Gasteiger partial charge in [0, 0.05) is 24.7 Å². The maximum absolute atomic E-state index is 12.5. The Balaban J connectivity index is 1.67. The molecule has 0 unspecified atom stereocenters. The van der Waals surface area contributed by atoms with Crippen LogP contribution in [-0.4, -0.2) is 35.4 Å². The molecule has 0 spiro atoms. The van der Waals surface area contributed by atoms with Gasteiger partial charge in [-0.15, -0.1) is 0 Å². The summed E-state index contributed by atoms with van der Waals surface area (Å²) in [4.78, 5) is 30.9. The van der Waals surface area contributed by atoms with Gasteiger partial charge in [0.05, 0.1) is 11.1 Å². The molecule has 1 amide bonds. The summed E-state index contributed by atoms with van der Waals surface area (Å²) >= 11 is 0. The first-order valence-corrected chi connectivity index (χ1v) is 8.77. The molecule has 0 N–H and O–H groups in total. The third-order valence-electron chi connectivity index (χ3n) is 4.49. The van der Waals surface area contributed by atoms with Crippen molar-refractivity contribution in [3.8, 4) is 0 Å². The predicted octanol–water partition coefficient (Wildman–Crippen LogP) is 3.67. The van der Waals surface area contributed by atoms with Crippen molar-refractivity contribution in [3.63, 3.8) is 0 Å². The molecule has 1 heterocycles. The van der Waals surface area contributed by atoms with E-state index in [1.807, 2.05) is 62.4 Å². The summed E-state index contributed by atoms with van der Waals surface area (Å²) < 4.78 is 5.28. The number of ether oxygens (including phenoxy) is 1. The Kier molecular flexibility index (Phi) is 5.50. The van der Waals surface area contributed by atoms with Crippen molar-refractivity contribution in [2.75, 3.05) is 13.7 Å². The van der Waals surface area contributed by atoms with E-state index in [9.17, 15) is 9.59 Å². The number of hydrogen-bond acceptors (Lipinski definition) is 4. The summed E-state index contributed by atoms with van der Waals surface area (Å²) in [5.41, 5.74) is 4.06. The Morgan fingerprint density at radius 2 is 1.74 bits per heavy atom. The van der Waals surface area contributed by atoms with Crippen LogP contribution in [0.2, 0.25) is 0 Å². The van der Waals surface area contributed by atoms with Gasteiger partial charge in [-0.05, 0) is 37.1 Å². The Hall–Kier alpha value is -3.21. The van der Waals surface area contributed by atoms with Crippen LogP contribution in [0.25, 0.3) is 10.9 Å². The van der Waals surface area contributed by atoms with Crippen molar-refractivity contribution in [1.82, 2.24) is 9.88 Å². The molecule has 0 fully saturated rings. The number of hydrogen-bond donors (Lipinski definition) is 0. The van der Waals surface area contributed by atoms with Crippen molar-refractivity contribution in [1.29, 1.82) is 0 Å². The van der Waals surface area contributed by atoms with Crippen LogP contribution in [0.15, 0.2) is 54.6 Å². The molecule has 3 rings (SSSR count). The summed E-state index contributed by atoms with van der Waals surface area (Å²) in [6.07, 6.45) is 0. The fourth-order valence-electron chi connectivity index (χ4n) is 2.92. The molecule has 0 aliphatic carbocycles. The van der Waals surface area contributed by atoms with E-state index in [2.05, 4.69) is 4.98 Å². The minimum absolute atomic E-state index is 0.248. The lowest BCUT2D eigenvalue weighted by molar-refractivity contribution is -0.133. The zero-order chi connectivity index (χ0) is 19.4. The second kappa shape index (κ2) is 7.99. The normalized spacial score (nSPS) is 10.6. The van der Waals surface area contributed by atoms with Gasteiger partial charge in [-0.25, -0.2) is 4.79 Å². The summed E-state index contributed by atoms with van der Waals surface area (Å²) in [5.74, 6) is -0.768. The highest BCUT2D eigenvalue weighted by Crippen LogP contribution is 2.19. The number of amides is 1. The lowest BCUT2D eigenvalue weighted by atomic mass is 10.1. The van der Waals surface area contributed by atoms with Crippen LogP contribution in [-0.2, 0) is 16.1 Å². The molecule has 0 aliphatic heterocycles. The molecule has 0 bridgehead atoms. The molecule has 27 heavy (non-hydrogen) atoms. The lowest BCUT2D eigenvalue weighted by Gasteiger charge is -2.18. The standard InChI is InChI=1S/C22H22N2O3/c1-15-8-4-5-9-17(15)13-24(3)21(25)14-27-22(26)19-12-16(2)23-20-11-7-6-10-18(19)20/h4-12H,13-14H2,1-3H3. The van der Waals surface area contributed by atoms with Crippen LogP contribution < -0.4 is 0 Å². The topological polar surface area (TPSA) is 59.5 Å². The Morgan fingerprint density at radius 1 is 1.04 bits per heavy atom. The first-order valence-electron chi connectivity index (χ1n) is 8.77. The van der Waals surface area contributed by atoms with E-state index in [0.717, 1.165) is 22.3 Å². The van der Waals surface area contributed by atoms with E-state index in [1.54, 1.807) is 18.0 Å². The van der Waals surface area contributed by atoms with Crippen LogP contribution >= 0.6 is 0 Å². The van der Waals surface area contributed by atoms with Crippen molar-refractivity contribution in [2.24, 2.45) is 0 Å².